The number of aryl methyl sites for hydroxylation is 1. The van der Waals surface area contributed by atoms with Gasteiger partial charge in [-0.2, -0.15) is 0 Å². The summed E-state index contributed by atoms with van der Waals surface area (Å²) in [7, 11) is 0. The zero-order valence-corrected chi connectivity index (χ0v) is 18.3. The minimum Gasteiger partial charge on any atom is -0.492 e. The number of ether oxygens (including phenoxy) is 1. The van der Waals surface area contributed by atoms with Crippen LogP contribution in [0.3, 0.4) is 0 Å². The van der Waals surface area contributed by atoms with Crippen molar-refractivity contribution >= 4 is 28.5 Å². The largest absolute Gasteiger partial charge is 0.492 e. The highest BCUT2D eigenvalue weighted by molar-refractivity contribution is 6.30. The van der Waals surface area contributed by atoms with Crippen molar-refractivity contribution in [2.75, 3.05) is 6.61 Å². The smallest absolute Gasteiger partial charge is 0.252 e. The van der Waals surface area contributed by atoms with Gasteiger partial charge in [0.15, 0.2) is 0 Å². The topological polar surface area (TPSA) is 56.2 Å². The Hall–Kier alpha value is -3.31. The Morgan fingerprint density at radius 1 is 1.06 bits per heavy atom. The standard InChI is InChI=1S/C25H24ClN3O2/c1-17-7-3-4-8-21(17)25(30)27-18(2)24-28-22-9-5-6-10-23(22)29(24)15-16-31-20-13-11-19(26)12-14-20/h3-14,18H,15-16H2,1-2H3,(H,27,30). The van der Waals surface area contributed by atoms with Crippen molar-refractivity contribution < 1.29 is 9.53 Å². The summed E-state index contributed by atoms with van der Waals surface area (Å²) in [4.78, 5) is 17.6. The SMILES string of the molecule is Cc1ccccc1C(=O)NC(C)c1nc2ccccc2n1CCOc1ccc(Cl)cc1. The lowest BCUT2D eigenvalue weighted by atomic mass is 10.1. The van der Waals surface area contributed by atoms with E-state index in [4.69, 9.17) is 21.3 Å². The molecule has 31 heavy (non-hydrogen) atoms. The van der Waals surface area contributed by atoms with Crippen molar-refractivity contribution in [2.24, 2.45) is 0 Å². The maximum Gasteiger partial charge on any atom is 0.252 e. The van der Waals surface area contributed by atoms with E-state index < -0.39 is 0 Å². The van der Waals surface area contributed by atoms with Gasteiger partial charge in [-0.3, -0.25) is 4.79 Å². The van der Waals surface area contributed by atoms with E-state index in [1.54, 1.807) is 12.1 Å². The first-order chi connectivity index (χ1) is 15.0. The number of para-hydroxylation sites is 2. The maximum atomic E-state index is 12.8. The molecule has 0 aliphatic rings. The van der Waals surface area contributed by atoms with E-state index in [1.165, 1.54) is 0 Å². The highest BCUT2D eigenvalue weighted by Crippen LogP contribution is 2.22. The van der Waals surface area contributed by atoms with E-state index in [2.05, 4.69) is 9.88 Å². The zero-order valence-electron chi connectivity index (χ0n) is 17.5. The molecule has 1 amide bonds. The van der Waals surface area contributed by atoms with Gasteiger partial charge in [0.25, 0.3) is 5.91 Å². The zero-order chi connectivity index (χ0) is 21.8. The molecule has 1 N–H and O–H groups in total. The third-order valence-electron chi connectivity index (χ3n) is 5.21. The molecule has 1 aromatic heterocycles. The highest BCUT2D eigenvalue weighted by Gasteiger charge is 2.19. The lowest BCUT2D eigenvalue weighted by molar-refractivity contribution is 0.0937. The van der Waals surface area contributed by atoms with Gasteiger partial charge in [-0.25, -0.2) is 4.98 Å². The van der Waals surface area contributed by atoms with E-state index in [9.17, 15) is 4.79 Å². The van der Waals surface area contributed by atoms with Crippen molar-refractivity contribution in [3.63, 3.8) is 0 Å². The number of hydrogen-bond acceptors (Lipinski definition) is 3. The van der Waals surface area contributed by atoms with E-state index >= 15 is 0 Å². The second-order valence-corrected chi connectivity index (χ2v) is 7.86. The van der Waals surface area contributed by atoms with Crippen molar-refractivity contribution in [1.29, 1.82) is 0 Å². The number of carbonyl (C=O) groups excluding carboxylic acids is 1. The van der Waals surface area contributed by atoms with Crippen LogP contribution in [0.25, 0.3) is 11.0 Å². The first-order valence-electron chi connectivity index (χ1n) is 10.2. The van der Waals surface area contributed by atoms with Gasteiger partial charge < -0.3 is 14.6 Å². The number of nitrogens with one attached hydrogen (secondary N) is 1. The molecule has 158 valence electrons. The number of hydrogen-bond donors (Lipinski definition) is 1. The van der Waals surface area contributed by atoms with Gasteiger partial charge in [-0.05, 0) is 61.9 Å². The molecule has 1 unspecified atom stereocenters. The van der Waals surface area contributed by atoms with Crippen molar-refractivity contribution in [2.45, 2.75) is 26.4 Å². The van der Waals surface area contributed by atoms with Crippen LogP contribution in [0.2, 0.25) is 5.02 Å². The van der Waals surface area contributed by atoms with Crippen LogP contribution in [-0.2, 0) is 6.54 Å². The molecular weight excluding hydrogens is 410 g/mol. The van der Waals surface area contributed by atoms with Gasteiger partial charge in [0.1, 0.15) is 18.2 Å². The van der Waals surface area contributed by atoms with E-state index in [0.29, 0.717) is 23.7 Å². The molecule has 0 aliphatic heterocycles. The molecule has 5 nitrogen and oxygen atoms in total. The number of imidazole rings is 1. The predicted molar refractivity (Wildman–Crippen MR) is 124 cm³/mol. The number of amides is 1. The number of carbonyl (C=O) groups is 1. The second-order valence-electron chi connectivity index (χ2n) is 7.42. The number of aromatic nitrogens is 2. The molecule has 4 aromatic rings. The predicted octanol–water partition coefficient (Wildman–Crippen LogP) is 5.57. The Kier molecular flexibility index (Phi) is 6.23. The van der Waals surface area contributed by atoms with Crippen molar-refractivity contribution in [3.05, 3.63) is 94.8 Å². The molecule has 4 rings (SSSR count). The van der Waals surface area contributed by atoms with Gasteiger partial charge in [-0.1, -0.05) is 41.9 Å². The van der Waals surface area contributed by atoms with Crippen LogP contribution in [0, 0.1) is 6.92 Å². The molecule has 1 atom stereocenters. The number of halogens is 1. The third kappa shape index (κ3) is 4.72. The minimum atomic E-state index is -0.268. The summed E-state index contributed by atoms with van der Waals surface area (Å²) in [5.74, 6) is 1.45. The fourth-order valence-electron chi connectivity index (χ4n) is 3.61. The molecule has 0 bridgehead atoms. The van der Waals surface area contributed by atoms with Gasteiger partial charge in [0, 0.05) is 10.6 Å². The van der Waals surface area contributed by atoms with Gasteiger partial charge >= 0.3 is 0 Å². The molecule has 0 saturated heterocycles. The number of benzene rings is 3. The molecule has 1 heterocycles. The normalized spacial score (nSPS) is 12.0. The minimum absolute atomic E-state index is 0.110. The van der Waals surface area contributed by atoms with E-state index in [0.717, 1.165) is 28.2 Å². The first-order valence-corrected chi connectivity index (χ1v) is 10.6. The summed E-state index contributed by atoms with van der Waals surface area (Å²) < 4.78 is 7.99. The summed E-state index contributed by atoms with van der Waals surface area (Å²) in [5, 5.41) is 3.77. The van der Waals surface area contributed by atoms with Crippen LogP contribution in [-0.4, -0.2) is 22.1 Å². The molecule has 0 saturated carbocycles. The molecule has 0 fully saturated rings. The second kappa shape index (κ2) is 9.23. The molecular formula is C25H24ClN3O2. The summed E-state index contributed by atoms with van der Waals surface area (Å²) in [6.07, 6.45) is 0. The summed E-state index contributed by atoms with van der Waals surface area (Å²) in [6, 6.07) is 22.6. The van der Waals surface area contributed by atoms with Crippen LogP contribution >= 0.6 is 11.6 Å². The fourth-order valence-corrected chi connectivity index (χ4v) is 3.74. The van der Waals surface area contributed by atoms with E-state index in [-0.39, 0.29) is 11.9 Å². The van der Waals surface area contributed by atoms with Crippen molar-refractivity contribution in [1.82, 2.24) is 14.9 Å². The first kappa shape index (κ1) is 20.9. The Morgan fingerprint density at radius 2 is 1.77 bits per heavy atom. The Balaban J connectivity index is 1.54. The summed E-state index contributed by atoms with van der Waals surface area (Å²) in [6.45, 7) is 4.95. The Morgan fingerprint density at radius 3 is 2.55 bits per heavy atom. The fraction of sp³-hybridized carbons (Fsp3) is 0.200. The Bertz CT molecular complexity index is 1200. The van der Waals surface area contributed by atoms with Gasteiger partial charge in [0.05, 0.1) is 23.6 Å². The molecule has 0 spiro atoms. The Labute approximate surface area is 186 Å². The molecule has 0 aliphatic carbocycles. The van der Waals surface area contributed by atoms with Crippen LogP contribution < -0.4 is 10.1 Å². The quantitative estimate of drug-likeness (QED) is 0.414. The monoisotopic (exact) mass is 433 g/mol. The molecule has 6 heteroatoms. The maximum absolute atomic E-state index is 12.8. The number of fused-ring (bicyclic) bond motifs is 1. The molecule has 0 radical (unpaired) electrons. The third-order valence-corrected chi connectivity index (χ3v) is 5.46. The van der Waals surface area contributed by atoms with Crippen LogP contribution in [0.1, 0.15) is 34.7 Å². The lowest BCUT2D eigenvalue weighted by Crippen LogP contribution is -2.29. The average Bonchev–Trinajstić information content (AvgIpc) is 3.14. The van der Waals surface area contributed by atoms with Crippen LogP contribution in [0.5, 0.6) is 5.75 Å². The average molecular weight is 434 g/mol. The summed E-state index contributed by atoms with van der Waals surface area (Å²) in [5.41, 5.74) is 3.51. The van der Waals surface area contributed by atoms with Gasteiger partial charge in [0.2, 0.25) is 0 Å². The van der Waals surface area contributed by atoms with Crippen LogP contribution in [0.4, 0.5) is 0 Å². The molecule has 3 aromatic carbocycles. The van der Waals surface area contributed by atoms with Gasteiger partial charge in [-0.15, -0.1) is 0 Å². The van der Waals surface area contributed by atoms with Crippen molar-refractivity contribution in [3.8, 4) is 5.75 Å². The van der Waals surface area contributed by atoms with E-state index in [1.807, 2.05) is 74.5 Å². The number of nitrogens with zero attached hydrogens (tertiary/aromatic N) is 2. The lowest BCUT2D eigenvalue weighted by Gasteiger charge is -2.17. The number of rotatable bonds is 7. The van der Waals surface area contributed by atoms with Crippen LogP contribution in [0.15, 0.2) is 72.8 Å². The highest BCUT2D eigenvalue weighted by atomic mass is 35.5. The summed E-state index contributed by atoms with van der Waals surface area (Å²) >= 11 is 5.94.